The van der Waals surface area contributed by atoms with E-state index in [1.54, 1.807) is 25.7 Å². The van der Waals surface area contributed by atoms with Crippen molar-refractivity contribution >= 4 is 35.3 Å². The van der Waals surface area contributed by atoms with E-state index in [-0.39, 0.29) is 24.4 Å². The van der Waals surface area contributed by atoms with Crippen molar-refractivity contribution in [3.8, 4) is 0 Å². The van der Waals surface area contributed by atoms with Crippen LogP contribution < -0.4 is 20.9 Å². The zero-order valence-electron chi connectivity index (χ0n) is 16.8. The van der Waals surface area contributed by atoms with Crippen LogP contribution in [0.3, 0.4) is 0 Å². The maximum Gasteiger partial charge on any atom is 0.321 e. The summed E-state index contributed by atoms with van der Waals surface area (Å²) >= 11 is 1.56. The monoisotopic (exact) mass is 407 g/mol. The van der Waals surface area contributed by atoms with Crippen molar-refractivity contribution < 1.29 is 19.3 Å². The number of thioether (sulfide) groups is 1. The second-order valence-electron chi connectivity index (χ2n) is 7.29. The lowest BCUT2D eigenvalue weighted by atomic mass is 9.96. The molecule has 1 aliphatic carbocycles. The standard InChI is InChI=1S/C20H30N4O3S/c1-14(19(26)23-20(27)21-15-9-5-4-6-10-15)24(2)13-18(25)22-16-11-7-8-12-17(16)28-3/h7-8,11-12,14-15H,4-6,9-10,13H2,1-3H3,(H,22,25)(H2,21,23,26,27)/p+1/t14-/m1/s1. The number of imide groups is 1. The fourth-order valence-corrected chi connectivity index (χ4v) is 3.81. The molecule has 1 aromatic carbocycles. The molecule has 0 saturated heterocycles. The van der Waals surface area contributed by atoms with E-state index in [1.165, 1.54) is 6.42 Å². The van der Waals surface area contributed by atoms with Gasteiger partial charge in [0.05, 0.1) is 12.7 Å². The molecule has 0 aliphatic heterocycles. The Hall–Kier alpha value is -2.06. The number of urea groups is 1. The maximum atomic E-state index is 12.4. The van der Waals surface area contributed by atoms with Gasteiger partial charge in [0.1, 0.15) is 0 Å². The first-order chi connectivity index (χ1) is 13.4. The van der Waals surface area contributed by atoms with Gasteiger partial charge in [-0.15, -0.1) is 11.8 Å². The van der Waals surface area contributed by atoms with E-state index < -0.39 is 12.1 Å². The lowest BCUT2D eigenvalue weighted by molar-refractivity contribution is -0.885. The molecule has 28 heavy (non-hydrogen) atoms. The number of benzene rings is 1. The summed E-state index contributed by atoms with van der Waals surface area (Å²) < 4.78 is 0. The number of hydrogen-bond donors (Lipinski definition) is 4. The van der Waals surface area contributed by atoms with Gasteiger partial charge in [0.25, 0.3) is 11.8 Å². The Balaban J connectivity index is 1.80. The molecule has 4 amide bonds. The van der Waals surface area contributed by atoms with Gasteiger partial charge in [-0.25, -0.2) is 4.79 Å². The lowest BCUT2D eigenvalue weighted by Gasteiger charge is -2.24. The van der Waals surface area contributed by atoms with Crippen LogP contribution in [-0.2, 0) is 9.59 Å². The van der Waals surface area contributed by atoms with Crippen LogP contribution in [0.2, 0.25) is 0 Å². The summed E-state index contributed by atoms with van der Waals surface area (Å²) in [6.07, 6.45) is 7.29. The molecular formula is C20H31N4O3S+. The van der Waals surface area contributed by atoms with Crippen LogP contribution in [0.25, 0.3) is 0 Å². The Morgan fingerprint density at radius 3 is 2.54 bits per heavy atom. The van der Waals surface area contributed by atoms with E-state index in [0.29, 0.717) is 4.90 Å². The molecule has 0 spiro atoms. The molecule has 0 heterocycles. The molecule has 154 valence electrons. The van der Waals surface area contributed by atoms with E-state index in [4.69, 9.17) is 0 Å². The molecule has 1 unspecified atom stereocenters. The Bertz CT molecular complexity index is 692. The molecule has 1 saturated carbocycles. The van der Waals surface area contributed by atoms with Crippen molar-refractivity contribution in [1.82, 2.24) is 10.6 Å². The minimum atomic E-state index is -0.529. The predicted octanol–water partition coefficient (Wildman–Crippen LogP) is 1.41. The van der Waals surface area contributed by atoms with Crippen molar-refractivity contribution in [3.05, 3.63) is 24.3 Å². The SMILES string of the molecule is CSc1ccccc1NC(=O)C[NH+](C)[C@H](C)C(=O)NC(=O)NC1CCCCC1. The molecule has 1 aromatic rings. The van der Waals surface area contributed by atoms with E-state index in [0.717, 1.165) is 36.3 Å². The molecule has 2 rings (SSSR count). The smallest absolute Gasteiger partial charge is 0.321 e. The summed E-state index contributed by atoms with van der Waals surface area (Å²) in [7, 11) is 1.77. The Kier molecular flexibility index (Phi) is 8.79. The van der Waals surface area contributed by atoms with Crippen LogP contribution in [0.15, 0.2) is 29.2 Å². The highest BCUT2D eigenvalue weighted by Gasteiger charge is 2.26. The Morgan fingerprint density at radius 1 is 1.18 bits per heavy atom. The summed E-state index contributed by atoms with van der Waals surface area (Å²) in [6.45, 7) is 1.84. The molecule has 2 atom stereocenters. The number of hydrogen-bond acceptors (Lipinski definition) is 4. The fraction of sp³-hybridized carbons (Fsp3) is 0.550. The van der Waals surface area contributed by atoms with Gasteiger partial charge >= 0.3 is 6.03 Å². The minimum Gasteiger partial charge on any atom is -0.335 e. The fourth-order valence-electron chi connectivity index (χ4n) is 3.26. The van der Waals surface area contributed by atoms with Gasteiger partial charge < -0.3 is 15.5 Å². The zero-order valence-corrected chi connectivity index (χ0v) is 17.7. The molecular weight excluding hydrogens is 376 g/mol. The second kappa shape index (κ2) is 11.1. The first-order valence-corrected chi connectivity index (χ1v) is 11.0. The second-order valence-corrected chi connectivity index (χ2v) is 8.14. The van der Waals surface area contributed by atoms with Gasteiger partial charge in [-0.3, -0.25) is 14.9 Å². The number of rotatable bonds is 7. The number of nitrogens with one attached hydrogen (secondary N) is 4. The Labute approximate surface area is 171 Å². The first-order valence-electron chi connectivity index (χ1n) is 9.77. The molecule has 0 aromatic heterocycles. The van der Waals surface area contributed by atoms with E-state index in [1.807, 2.05) is 30.5 Å². The van der Waals surface area contributed by atoms with Gasteiger partial charge in [0.2, 0.25) is 0 Å². The minimum absolute atomic E-state index is 0.127. The van der Waals surface area contributed by atoms with Gasteiger partial charge in [0.15, 0.2) is 12.6 Å². The van der Waals surface area contributed by atoms with Crippen LogP contribution in [0, 0.1) is 0 Å². The first kappa shape index (κ1) is 22.2. The average molecular weight is 408 g/mol. The van der Waals surface area contributed by atoms with Gasteiger partial charge in [-0.1, -0.05) is 31.4 Å². The molecule has 1 aliphatic rings. The number of carbonyl (C=O) groups is 3. The average Bonchev–Trinajstić information content (AvgIpc) is 2.68. The van der Waals surface area contributed by atoms with Crippen molar-refractivity contribution in [3.63, 3.8) is 0 Å². The molecule has 0 radical (unpaired) electrons. The molecule has 7 nitrogen and oxygen atoms in total. The number of carbonyl (C=O) groups excluding carboxylic acids is 3. The third kappa shape index (κ3) is 6.83. The quantitative estimate of drug-likeness (QED) is 0.515. The molecule has 1 fully saturated rings. The van der Waals surface area contributed by atoms with Crippen LogP contribution in [0.1, 0.15) is 39.0 Å². The van der Waals surface area contributed by atoms with Crippen LogP contribution in [0.4, 0.5) is 10.5 Å². The largest absolute Gasteiger partial charge is 0.335 e. The predicted molar refractivity (Wildman–Crippen MR) is 112 cm³/mol. The highest BCUT2D eigenvalue weighted by molar-refractivity contribution is 7.98. The zero-order chi connectivity index (χ0) is 20.5. The van der Waals surface area contributed by atoms with E-state index in [9.17, 15) is 14.4 Å². The van der Waals surface area contributed by atoms with Gasteiger partial charge in [-0.05, 0) is 38.2 Å². The van der Waals surface area contributed by atoms with Gasteiger partial charge in [0, 0.05) is 10.9 Å². The third-order valence-corrected chi connectivity index (χ3v) is 5.93. The molecule has 0 bridgehead atoms. The number of amides is 4. The number of para-hydroxylation sites is 1. The van der Waals surface area contributed by atoms with Crippen LogP contribution in [-0.4, -0.2) is 49.8 Å². The number of anilines is 1. The normalized spacial score (nSPS) is 16.7. The number of likely N-dealkylation sites (N-methyl/N-ethyl adjacent to an activating group) is 1. The summed E-state index contributed by atoms with van der Waals surface area (Å²) in [4.78, 5) is 38.4. The number of quaternary nitrogens is 1. The summed E-state index contributed by atoms with van der Waals surface area (Å²) in [5.41, 5.74) is 0.761. The Morgan fingerprint density at radius 2 is 1.86 bits per heavy atom. The van der Waals surface area contributed by atoms with Gasteiger partial charge in [-0.2, -0.15) is 0 Å². The molecule has 8 heteroatoms. The third-order valence-electron chi connectivity index (χ3n) is 5.13. The van der Waals surface area contributed by atoms with E-state index in [2.05, 4.69) is 16.0 Å². The lowest BCUT2D eigenvalue weighted by Crippen LogP contribution is -3.15. The van der Waals surface area contributed by atoms with Crippen molar-refractivity contribution in [2.24, 2.45) is 0 Å². The molecule has 4 N–H and O–H groups in total. The summed E-state index contributed by atoms with van der Waals surface area (Å²) in [5.74, 6) is -0.562. The topological polar surface area (TPSA) is 91.7 Å². The highest BCUT2D eigenvalue weighted by Crippen LogP contribution is 2.24. The van der Waals surface area contributed by atoms with Crippen molar-refractivity contribution in [2.45, 2.75) is 56.0 Å². The highest BCUT2D eigenvalue weighted by atomic mass is 32.2. The van der Waals surface area contributed by atoms with Crippen molar-refractivity contribution in [1.29, 1.82) is 0 Å². The van der Waals surface area contributed by atoms with E-state index >= 15 is 0 Å². The summed E-state index contributed by atoms with van der Waals surface area (Å²) in [5, 5.41) is 8.16. The van der Waals surface area contributed by atoms with Crippen molar-refractivity contribution in [2.75, 3.05) is 25.2 Å². The van der Waals surface area contributed by atoms with Crippen LogP contribution in [0.5, 0.6) is 0 Å². The maximum absolute atomic E-state index is 12.4. The summed E-state index contributed by atoms with van der Waals surface area (Å²) in [6, 6.07) is 6.75. The van der Waals surface area contributed by atoms with Crippen LogP contribution >= 0.6 is 11.8 Å².